The number of para-hydroxylation sites is 1. The van der Waals surface area contributed by atoms with Gasteiger partial charge < -0.3 is 25.0 Å². The zero-order chi connectivity index (χ0) is 15.9. The van der Waals surface area contributed by atoms with Crippen LogP contribution in [0.3, 0.4) is 0 Å². The Balaban J connectivity index is 1.83. The molecule has 3 N–H and O–H groups in total. The average Bonchev–Trinajstić information content (AvgIpc) is 3.24. The van der Waals surface area contributed by atoms with E-state index in [1.54, 1.807) is 12.1 Å². The predicted molar refractivity (Wildman–Crippen MR) is 70.2 cm³/mol. The van der Waals surface area contributed by atoms with Crippen molar-refractivity contribution in [3.63, 3.8) is 0 Å². The normalized spacial score (nSPS) is 25.7. The van der Waals surface area contributed by atoms with E-state index in [0.717, 1.165) is 6.08 Å². The summed E-state index contributed by atoms with van der Waals surface area (Å²) in [6.07, 6.45) is -3.01. The van der Waals surface area contributed by atoms with Gasteiger partial charge >= 0.3 is 6.16 Å². The molecule has 1 fully saturated rings. The Kier molecular flexibility index (Phi) is 3.30. The molecule has 0 spiro atoms. The lowest BCUT2D eigenvalue weighted by atomic mass is 10.00. The molecule has 3 unspecified atom stereocenters. The average molecular weight is 305 g/mol. The fourth-order valence-corrected chi connectivity index (χ4v) is 2.29. The molecule has 0 radical (unpaired) electrons. The Labute approximate surface area is 123 Å². The molecule has 0 aromatic heterocycles. The first-order chi connectivity index (χ1) is 10.5. The topological polar surface area (TPSA) is 125 Å². The number of carbonyl (C=O) groups is 3. The predicted octanol–water partition coefficient (Wildman–Crippen LogP) is 0.419. The SMILES string of the molecule is O=C(O)OC1C(NC(=O)c2ccccc2O)=CC(=O)C2OC21. The number of hydrogen-bond acceptors (Lipinski definition) is 6. The van der Waals surface area contributed by atoms with Gasteiger partial charge in [0.1, 0.15) is 11.9 Å². The van der Waals surface area contributed by atoms with Gasteiger partial charge in [-0.25, -0.2) is 4.79 Å². The Bertz CT molecular complexity index is 696. The minimum absolute atomic E-state index is 0.0104. The van der Waals surface area contributed by atoms with Crippen LogP contribution in [0.1, 0.15) is 10.4 Å². The van der Waals surface area contributed by atoms with Crippen molar-refractivity contribution in [1.82, 2.24) is 5.32 Å². The van der Waals surface area contributed by atoms with Crippen LogP contribution >= 0.6 is 0 Å². The van der Waals surface area contributed by atoms with E-state index in [9.17, 15) is 19.5 Å². The molecule has 1 aromatic carbocycles. The summed E-state index contributed by atoms with van der Waals surface area (Å²) in [6, 6.07) is 5.83. The molecule has 1 aliphatic heterocycles. The Hall–Kier alpha value is -2.87. The number of amides is 1. The molecule has 8 nitrogen and oxygen atoms in total. The van der Waals surface area contributed by atoms with E-state index < -0.39 is 30.4 Å². The summed E-state index contributed by atoms with van der Waals surface area (Å²) in [7, 11) is 0. The zero-order valence-electron chi connectivity index (χ0n) is 11.1. The molecule has 1 saturated heterocycles. The van der Waals surface area contributed by atoms with Crippen LogP contribution in [0, 0.1) is 0 Å². The fraction of sp³-hybridized carbons (Fsp3) is 0.214. The molecule has 2 aliphatic rings. The van der Waals surface area contributed by atoms with Crippen LogP contribution in [0.15, 0.2) is 36.0 Å². The third-order valence-corrected chi connectivity index (χ3v) is 3.34. The third kappa shape index (κ3) is 2.51. The van der Waals surface area contributed by atoms with E-state index in [-0.39, 0.29) is 22.8 Å². The van der Waals surface area contributed by atoms with Gasteiger partial charge in [0.05, 0.1) is 11.3 Å². The minimum atomic E-state index is -1.55. The van der Waals surface area contributed by atoms with E-state index in [4.69, 9.17) is 9.84 Å². The van der Waals surface area contributed by atoms with Crippen molar-refractivity contribution < 1.29 is 34.1 Å². The van der Waals surface area contributed by atoms with Crippen LogP contribution in [-0.4, -0.2) is 46.4 Å². The van der Waals surface area contributed by atoms with Crippen molar-refractivity contribution in [2.75, 3.05) is 0 Å². The number of aromatic hydroxyl groups is 1. The maximum Gasteiger partial charge on any atom is 0.506 e. The number of phenolic OH excluding ortho intramolecular Hbond substituents is 1. The largest absolute Gasteiger partial charge is 0.507 e. The van der Waals surface area contributed by atoms with E-state index in [1.807, 2.05) is 0 Å². The second-order valence-electron chi connectivity index (χ2n) is 4.80. The highest BCUT2D eigenvalue weighted by molar-refractivity contribution is 6.01. The van der Waals surface area contributed by atoms with Crippen molar-refractivity contribution in [1.29, 1.82) is 0 Å². The summed E-state index contributed by atoms with van der Waals surface area (Å²) in [5.74, 6) is -1.29. The van der Waals surface area contributed by atoms with Gasteiger partial charge in [0.25, 0.3) is 5.91 Å². The van der Waals surface area contributed by atoms with Crippen molar-refractivity contribution >= 4 is 17.8 Å². The van der Waals surface area contributed by atoms with Crippen molar-refractivity contribution in [3.05, 3.63) is 41.6 Å². The number of nitrogens with one attached hydrogen (secondary N) is 1. The number of rotatable bonds is 3. The van der Waals surface area contributed by atoms with Gasteiger partial charge in [0.2, 0.25) is 0 Å². The maximum absolute atomic E-state index is 12.1. The molecule has 1 amide bonds. The highest BCUT2D eigenvalue weighted by atomic mass is 16.7. The molecule has 114 valence electrons. The van der Waals surface area contributed by atoms with E-state index in [1.165, 1.54) is 12.1 Å². The smallest absolute Gasteiger partial charge is 0.506 e. The molecule has 8 heteroatoms. The van der Waals surface area contributed by atoms with Crippen LogP contribution in [-0.2, 0) is 14.3 Å². The van der Waals surface area contributed by atoms with Gasteiger partial charge in [0.15, 0.2) is 18.0 Å². The van der Waals surface area contributed by atoms with Crippen LogP contribution in [0.5, 0.6) is 5.75 Å². The summed E-state index contributed by atoms with van der Waals surface area (Å²) in [4.78, 5) is 34.5. The minimum Gasteiger partial charge on any atom is -0.507 e. The van der Waals surface area contributed by atoms with Crippen LogP contribution in [0.2, 0.25) is 0 Å². The first-order valence-corrected chi connectivity index (χ1v) is 6.37. The summed E-state index contributed by atoms with van der Waals surface area (Å²) in [6.45, 7) is 0. The molecule has 1 heterocycles. The maximum atomic E-state index is 12.1. The lowest BCUT2D eigenvalue weighted by molar-refractivity contribution is -0.116. The number of phenols is 1. The van der Waals surface area contributed by atoms with Gasteiger partial charge in [-0.3, -0.25) is 9.59 Å². The molecular formula is C14H11NO7. The van der Waals surface area contributed by atoms with E-state index in [2.05, 4.69) is 10.1 Å². The highest BCUT2D eigenvalue weighted by Crippen LogP contribution is 2.35. The molecule has 0 saturated carbocycles. The monoisotopic (exact) mass is 305 g/mol. The Morgan fingerprint density at radius 2 is 2.00 bits per heavy atom. The van der Waals surface area contributed by atoms with Crippen LogP contribution in [0.4, 0.5) is 4.79 Å². The van der Waals surface area contributed by atoms with E-state index >= 15 is 0 Å². The number of hydrogen-bond donors (Lipinski definition) is 3. The quantitative estimate of drug-likeness (QED) is 0.545. The number of ketones is 1. The standard InChI is InChI=1S/C14H11NO7/c16-8-4-2-1-3-6(8)13(18)15-7-5-9(17)11-12(21-11)10(7)22-14(19)20/h1-5,10-12,16H,(H,15,18)(H,19,20). The second kappa shape index (κ2) is 5.15. The Morgan fingerprint density at radius 1 is 1.27 bits per heavy atom. The van der Waals surface area contributed by atoms with Crippen LogP contribution in [0.25, 0.3) is 0 Å². The second-order valence-corrected chi connectivity index (χ2v) is 4.80. The number of fused-ring (bicyclic) bond motifs is 1. The first-order valence-electron chi connectivity index (χ1n) is 6.37. The van der Waals surface area contributed by atoms with Gasteiger partial charge in [0, 0.05) is 6.08 Å². The van der Waals surface area contributed by atoms with Crippen molar-refractivity contribution in [2.24, 2.45) is 0 Å². The molecule has 3 rings (SSSR count). The molecule has 0 bridgehead atoms. The number of carbonyl (C=O) groups excluding carboxylic acids is 2. The Morgan fingerprint density at radius 3 is 2.68 bits per heavy atom. The fourth-order valence-electron chi connectivity index (χ4n) is 2.29. The van der Waals surface area contributed by atoms with E-state index in [0.29, 0.717) is 0 Å². The lowest BCUT2D eigenvalue weighted by Crippen LogP contribution is -2.40. The van der Waals surface area contributed by atoms with Gasteiger partial charge in [-0.2, -0.15) is 0 Å². The molecule has 3 atom stereocenters. The number of benzene rings is 1. The van der Waals surface area contributed by atoms with Crippen molar-refractivity contribution in [2.45, 2.75) is 18.3 Å². The molecular weight excluding hydrogens is 294 g/mol. The van der Waals surface area contributed by atoms with Gasteiger partial charge in [-0.05, 0) is 12.1 Å². The zero-order valence-corrected chi connectivity index (χ0v) is 11.1. The first kappa shape index (κ1) is 14.1. The number of epoxide rings is 1. The van der Waals surface area contributed by atoms with Gasteiger partial charge in [-0.1, -0.05) is 12.1 Å². The summed E-state index contributed by atoms with van der Waals surface area (Å²) in [5, 5.41) is 20.8. The summed E-state index contributed by atoms with van der Waals surface area (Å²) >= 11 is 0. The highest BCUT2D eigenvalue weighted by Gasteiger charge is 2.55. The molecule has 1 aliphatic carbocycles. The molecule has 22 heavy (non-hydrogen) atoms. The number of ether oxygens (including phenoxy) is 2. The van der Waals surface area contributed by atoms with Crippen molar-refractivity contribution in [3.8, 4) is 5.75 Å². The third-order valence-electron chi connectivity index (χ3n) is 3.34. The number of carboxylic acid groups (broad SMARTS) is 1. The van der Waals surface area contributed by atoms with Gasteiger partial charge in [-0.15, -0.1) is 0 Å². The summed E-state index contributed by atoms with van der Waals surface area (Å²) in [5.41, 5.74) is -0.0248. The lowest BCUT2D eigenvalue weighted by Gasteiger charge is -2.20. The van der Waals surface area contributed by atoms with Crippen LogP contribution < -0.4 is 5.32 Å². The molecule has 1 aromatic rings. The summed E-state index contributed by atoms with van der Waals surface area (Å²) < 4.78 is 9.72.